The molecule has 2 aliphatic rings. The van der Waals surface area contributed by atoms with Crippen molar-refractivity contribution in [3.63, 3.8) is 0 Å². The van der Waals surface area contributed by atoms with Crippen LogP contribution in [-0.4, -0.2) is 91.5 Å². The van der Waals surface area contributed by atoms with Crippen LogP contribution in [0.3, 0.4) is 0 Å². The number of nitrogens with one attached hydrogen (secondary N) is 2. The van der Waals surface area contributed by atoms with E-state index in [0.717, 1.165) is 60.5 Å². The number of rotatable bonds is 9. The number of fused-ring (bicyclic) bond motifs is 2. The second kappa shape index (κ2) is 13.8. The SMILES string of the molecule is CN(C)CCOc1ccc(NC(=O)Nc2ccc3c(c2)C(=O)/C(=C/c2cn(C)c4nccc(N5CCC(C(=O)N(C)C)CC5)c24)O3)cc1. The lowest BCUT2D eigenvalue weighted by Gasteiger charge is -2.34. The molecule has 0 radical (unpaired) electrons. The fourth-order valence-corrected chi connectivity index (χ4v) is 6.11. The molecule has 4 aromatic rings. The third-order valence-corrected chi connectivity index (χ3v) is 8.62. The number of Topliss-reactive ketones (excluding diaryl/α,β-unsaturated/α-hetero) is 1. The van der Waals surface area contributed by atoms with Gasteiger partial charge in [0.2, 0.25) is 11.7 Å². The first-order valence-corrected chi connectivity index (χ1v) is 16.0. The quantitative estimate of drug-likeness (QED) is 0.241. The highest BCUT2D eigenvalue weighted by Gasteiger charge is 2.30. The fraction of sp³-hybridized carbons (Fsp3) is 0.333. The summed E-state index contributed by atoms with van der Waals surface area (Å²) in [6, 6.07) is 13.7. The summed E-state index contributed by atoms with van der Waals surface area (Å²) < 4.78 is 13.7. The fourth-order valence-electron chi connectivity index (χ4n) is 6.11. The largest absolute Gasteiger partial charge is 0.492 e. The van der Waals surface area contributed by atoms with Crippen molar-refractivity contribution in [3.8, 4) is 11.5 Å². The maximum absolute atomic E-state index is 13.6. The van der Waals surface area contributed by atoms with E-state index in [1.165, 1.54) is 0 Å². The Morgan fingerprint density at radius 1 is 1.02 bits per heavy atom. The number of piperidine rings is 1. The molecule has 0 unspecified atom stereocenters. The Kier molecular flexibility index (Phi) is 9.35. The van der Waals surface area contributed by atoms with Crippen LogP contribution >= 0.6 is 0 Å². The van der Waals surface area contributed by atoms with Crippen LogP contribution < -0.4 is 25.0 Å². The van der Waals surface area contributed by atoms with Crippen molar-refractivity contribution >= 4 is 51.9 Å². The van der Waals surface area contributed by atoms with Crippen molar-refractivity contribution in [2.24, 2.45) is 13.0 Å². The van der Waals surface area contributed by atoms with Crippen molar-refractivity contribution in [2.75, 3.05) is 70.0 Å². The number of pyridine rings is 1. The van der Waals surface area contributed by atoms with Gasteiger partial charge in [0.25, 0.3) is 0 Å². The molecule has 250 valence electrons. The molecular weight excluding hydrogens is 610 g/mol. The second-order valence-corrected chi connectivity index (χ2v) is 12.6. The van der Waals surface area contributed by atoms with Crippen molar-refractivity contribution in [3.05, 3.63) is 77.8 Å². The van der Waals surface area contributed by atoms with Crippen LogP contribution in [0.1, 0.15) is 28.8 Å². The van der Waals surface area contributed by atoms with E-state index in [9.17, 15) is 14.4 Å². The maximum Gasteiger partial charge on any atom is 0.323 e. The Bertz CT molecular complexity index is 1870. The number of nitrogens with zero attached hydrogens (tertiary/aromatic N) is 5. The monoisotopic (exact) mass is 651 g/mol. The molecule has 2 aliphatic heterocycles. The van der Waals surface area contributed by atoms with Crippen LogP contribution in [0.15, 0.2) is 66.7 Å². The molecule has 1 fully saturated rings. The minimum Gasteiger partial charge on any atom is -0.492 e. The zero-order valence-corrected chi connectivity index (χ0v) is 27.9. The minimum absolute atomic E-state index is 0.0177. The number of hydrogen-bond donors (Lipinski definition) is 2. The lowest BCUT2D eigenvalue weighted by atomic mass is 9.95. The highest BCUT2D eigenvalue weighted by Crippen LogP contribution is 2.37. The Hall–Kier alpha value is -5.36. The summed E-state index contributed by atoms with van der Waals surface area (Å²) in [7, 11) is 9.49. The Balaban J connectivity index is 1.14. The summed E-state index contributed by atoms with van der Waals surface area (Å²) in [5.41, 5.74) is 4.04. The van der Waals surface area contributed by atoms with Gasteiger partial charge in [-0.15, -0.1) is 0 Å². The van der Waals surface area contributed by atoms with Crippen LogP contribution in [-0.2, 0) is 11.8 Å². The van der Waals surface area contributed by atoms with Gasteiger partial charge >= 0.3 is 6.03 Å². The third kappa shape index (κ3) is 6.98. The van der Waals surface area contributed by atoms with Gasteiger partial charge < -0.3 is 39.4 Å². The van der Waals surface area contributed by atoms with E-state index in [0.29, 0.717) is 29.3 Å². The molecule has 12 heteroatoms. The summed E-state index contributed by atoms with van der Waals surface area (Å²) in [6.45, 7) is 2.86. The topological polar surface area (TPSA) is 121 Å². The smallest absolute Gasteiger partial charge is 0.323 e. The van der Waals surface area contributed by atoms with Crippen molar-refractivity contribution in [2.45, 2.75) is 12.8 Å². The first kappa shape index (κ1) is 32.6. The van der Waals surface area contributed by atoms with Crippen LogP contribution in [0, 0.1) is 5.92 Å². The molecule has 2 aromatic carbocycles. The molecule has 0 saturated carbocycles. The van der Waals surface area contributed by atoms with E-state index in [-0.39, 0.29) is 23.4 Å². The standard InChI is InChI=1S/C36H41N7O5/c1-40(2)18-19-47-27-9-6-25(7-10-27)38-36(46)39-26-8-11-30-28(21-26)33(44)31(48-30)20-24-22-42(5)34-32(24)29(12-15-37-34)43-16-13-23(14-17-43)35(45)41(3)4/h6-12,15,20-23H,13-14,16-19H2,1-5H3,(H2,38,39,46)/b31-20-. The van der Waals surface area contributed by atoms with Gasteiger partial charge in [0.15, 0.2) is 5.76 Å². The number of aryl methyl sites for hydroxylation is 1. The maximum atomic E-state index is 13.6. The average Bonchev–Trinajstić information content (AvgIpc) is 3.56. The summed E-state index contributed by atoms with van der Waals surface area (Å²) in [5.74, 6) is 1.25. The van der Waals surface area contributed by atoms with Gasteiger partial charge in [-0.05, 0) is 81.5 Å². The molecule has 1 saturated heterocycles. The van der Waals surface area contributed by atoms with Gasteiger partial charge in [-0.2, -0.15) is 0 Å². The molecular formula is C36H41N7O5. The number of carbonyl (C=O) groups excluding carboxylic acids is 3. The van der Waals surface area contributed by atoms with Gasteiger partial charge in [0.1, 0.15) is 23.8 Å². The van der Waals surface area contributed by atoms with Crippen LogP contribution in [0.5, 0.6) is 11.5 Å². The summed E-state index contributed by atoms with van der Waals surface area (Å²) in [4.78, 5) is 49.5. The lowest BCUT2D eigenvalue weighted by molar-refractivity contribution is -0.133. The van der Waals surface area contributed by atoms with E-state index >= 15 is 0 Å². The van der Waals surface area contributed by atoms with E-state index in [2.05, 4.69) is 20.5 Å². The van der Waals surface area contributed by atoms with Crippen molar-refractivity contribution in [1.82, 2.24) is 19.4 Å². The average molecular weight is 652 g/mol. The molecule has 12 nitrogen and oxygen atoms in total. The zero-order valence-electron chi connectivity index (χ0n) is 27.9. The predicted molar refractivity (Wildman–Crippen MR) is 187 cm³/mol. The molecule has 0 atom stereocenters. The number of ether oxygens (including phenoxy) is 2. The van der Waals surface area contributed by atoms with Gasteiger partial charge in [0, 0.05) is 87.1 Å². The molecule has 4 heterocycles. The number of benzene rings is 2. The van der Waals surface area contributed by atoms with Gasteiger partial charge in [-0.3, -0.25) is 9.59 Å². The molecule has 3 amide bonds. The van der Waals surface area contributed by atoms with Crippen LogP contribution in [0.2, 0.25) is 0 Å². The molecule has 48 heavy (non-hydrogen) atoms. The lowest BCUT2D eigenvalue weighted by Crippen LogP contribution is -2.40. The molecule has 0 aliphatic carbocycles. The molecule has 0 bridgehead atoms. The number of allylic oxidation sites excluding steroid dienone is 1. The predicted octanol–water partition coefficient (Wildman–Crippen LogP) is 5.08. The number of likely N-dealkylation sites (N-methyl/N-ethyl adjacent to an activating group) is 1. The summed E-state index contributed by atoms with van der Waals surface area (Å²) in [6.07, 6.45) is 7.03. The summed E-state index contributed by atoms with van der Waals surface area (Å²) >= 11 is 0. The Morgan fingerprint density at radius 2 is 1.73 bits per heavy atom. The number of urea groups is 1. The van der Waals surface area contributed by atoms with E-state index < -0.39 is 6.03 Å². The van der Waals surface area contributed by atoms with Crippen molar-refractivity contribution < 1.29 is 23.9 Å². The first-order chi connectivity index (χ1) is 23.1. The van der Waals surface area contributed by atoms with Gasteiger partial charge in [0.05, 0.1) is 5.56 Å². The van der Waals surface area contributed by atoms with Gasteiger partial charge in [-0.1, -0.05) is 0 Å². The Morgan fingerprint density at radius 3 is 2.44 bits per heavy atom. The zero-order chi connectivity index (χ0) is 33.9. The Labute approximate surface area is 279 Å². The highest BCUT2D eigenvalue weighted by molar-refractivity contribution is 6.16. The number of anilines is 3. The molecule has 2 aromatic heterocycles. The molecule has 6 rings (SSSR count). The highest BCUT2D eigenvalue weighted by atomic mass is 16.5. The number of ketones is 1. The number of amides is 3. The van der Waals surface area contributed by atoms with E-state index in [4.69, 9.17) is 9.47 Å². The number of hydrogen-bond acceptors (Lipinski definition) is 8. The van der Waals surface area contributed by atoms with Crippen molar-refractivity contribution in [1.29, 1.82) is 0 Å². The second-order valence-electron chi connectivity index (χ2n) is 12.6. The number of carbonyl (C=O) groups is 3. The molecule has 0 spiro atoms. The normalized spacial score (nSPS) is 15.5. The van der Waals surface area contributed by atoms with Crippen LogP contribution in [0.25, 0.3) is 17.1 Å². The summed E-state index contributed by atoms with van der Waals surface area (Å²) in [5, 5.41) is 6.52. The van der Waals surface area contributed by atoms with E-state index in [1.54, 1.807) is 73.7 Å². The van der Waals surface area contributed by atoms with E-state index in [1.807, 2.05) is 42.9 Å². The third-order valence-electron chi connectivity index (χ3n) is 8.62. The first-order valence-electron chi connectivity index (χ1n) is 16.0. The van der Waals surface area contributed by atoms with Crippen LogP contribution in [0.4, 0.5) is 21.9 Å². The van der Waals surface area contributed by atoms with Gasteiger partial charge in [-0.25, -0.2) is 9.78 Å². The number of aromatic nitrogens is 2. The molecule has 2 N–H and O–H groups in total. The minimum atomic E-state index is -0.441.